The number of rotatable bonds is 9. The Morgan fingerprint density at radius 3 is 2.40 bits per heavy atom. The highest BCUT2D eigenvalue weighted by molar-refractivity contribution is 5.86. The van der Waals surface area contributed by atoms with Crippen LogP contribution in [-0.4, -0.2) is 41.6 Å². The zero-order valence-corrected chi connectivity index (χ0v) is 20.0. The Bertz CT molecular complexity index is 1280. The Morgan fingerprint density at radius 2 is 1.60 bits per heavy atom. The van der Waals surface area contributed by atoms with Crippen LogP contribution < -0.4 is 5.32 Å². The molecule has 5 heteroatoms. The van der Waals surface area contributed by atoms with E-state index in [1.165, 1.54) is 24.5 Å². The molecule has 5 rings (SSSR count). The second-order valence-electron chi connectivity index (χ2n) is 9.39. The van der Waals surface area contributed by atoms with Crippen molar-refractivity contribution >= 4 is 16.8 Å². The van der Waals surface area contributed by atoms with Crippen LogP contribution >= 0.6 is 0 Å². The molecule has 1 fully saturated rings. The van der Waals surface area contributed by atoms with Crippen LogP contribution in [0.25, 0.3) is 10.9 Å². The molecule has 0 spiro atoms. The molecular formula is C30H32FN3O. The molecule has 1 saturated heterocycles. The minimum Gasteiger partial charge on any atom is -0.355 e. The molecule has 1 aliphatic rings. The van der Waals surface area contributed by atoms with Crippen molar-refractivity contribution < 1.29 is 9.18 Å². The van der Waals surface area contributed by atoms with Crippen LogP contribution in [0.15, 0.2) is 85.1 Å². The quantitative estimate of drug-likeness (QED) is 0.348. The number of hydrogen-bond acceptors (Lipinski definition) is 2. The van der Waals surface area contributed by atoms with E-state index in [0.717, 1.165) is 36.1 Å². The van der Waals surface area contributed by atoms with Gasteiger partial charge in [0.25, 0.3) is 0 Å². The molecule has 1 N–H and O–H groups in total. The number of benzene rings is 3. The molecule has 1 atom stereocenters. The Morgan fingerprint density at radius 1 is 0.886 bits per heavy atom. The Hall–Kier alpha value is -3.44. The normalized spacial score (nSPS) is 14.9. The lowest BCUT2D eigenvalue weighted by Gasteiger charge is -2.19. The molecule has 3 aromatic carbocycles. The van der Waals surface area contributed by atoms with Crippen molar-refractivity contribution in [3.05, 3.63) is 108 Å². The molecular weight excluding hydrogens is 437 g/mol. The van der Waals surface area contributed by atoms with Crippen LogP contribution in [0.1, 0.15) is 41.9 Å². The standard InChI is InChI=1S/C30H32FN3O/c31-28-14-6-4-12-24(28)26(20-30(35)32-16-19-33-17-8-9-18-33)27-22-34(21-23-10-2-1-3-11-23)29-15-7-5-13-25(27)29/h1-7,10-15,22,26H,8-9,16-21H2,(H,32,35). The lowest BCUT2D eigenvalue weighted by molar-refractivity contribution is -0.121. The Labute approximate surface area is 206 Å². The lowest BCUT2D eigenvalue weighted by atomic mass is 9.87. The molecule has 1 amide bonds. The summed E-state index contributed by atoms with van der Waals surface area (Å²) in [6.07, 6.45) is 4.78. The Balaban J connectivity index is 1.45. The van der Waals surface area contributed by atoms with Crippen LogP contribution in [0.3, 0.4) is 0 Å². The number of likely N-dealkylation sites (tertiary alicyclic amines) is 1. The predicted molar refractivity (Wildman–Crippen MR) is 139 cm³/mol. The summed E-state index contributed by atoms with van der Waals surface area (Å²) in [7, 11) is 0. The summed E-state index contributed by atoms with van der Waals surface area (Å²) in [6.45, 7) is 4.42. The zero-order valence-electron chi connectivity index (χ0n) is 20.0. The number of para-hydroxylation sites is 1. The van der Waals surface area contributed by atoms with Crippen LogP contribution in [0, 0.1) is 5.82 Å². The van der Waals surface area contributed by atoms with E-state index in [0.29, 0.717) is 18.7 Å². The van der Waals surface area contributed by atoms with Crippen molar-refractivity contribution in [3.63, 3.8) is 0 Å². The second-order valence-corrected chi connectivity index (χ2v) is 9.39. The largest absolute Gasteiger partial charge is 0.355 e. The number of hydrogen-bond donors (Lipinski definition) is 1. The highest BCUT2D eigenvalue weighted by Gasteiger charge is 2.25. The van der Waals surface area contributed by atoms with Crippen LogP contribution in [-0.2, 0) is 11.3 Å². The third kappa shape index (κ3) is 5.46. The van der Waals surface area contributed by atoms with Gasteiger partial charge in [-0.3, -0.25) is 4.79 Å². The van der Waals surface area contributed by atoms with Gasteiger partial charge < -0.3 is 14.8 Å². The van der Waals surface area contributed by atoms with E-state index in [1.54, 1.807) is 12.1 Å². The van der Waals surface area contributed by atoms with Gasteiger partial charge in [-0.15, -0.1) is 0 Å². The summed E-state index contributed by atoms with van der Waals surface area (Å²) < 4.78 is 17.2. The second kappa shape index (κ2) is 10.9. The maximum absolute atomic E-state index is 15.0. The van der Waals surface area contributed by atoms with E-state index in [1.807, 2.05) is 36.4 Å². The van der Waals surface area contributed by atoms with E-state index >= 15 is 4.39 Å². The Kier molecular flexibility index (Phi) is 7.24. The summed E-state index contributed by atoms with van der Waals surface area (Å²) in [5.74, 6) is -0.690. The fourth-order valence-corrected chi connectivity index (χ4v) is 5.23. The summed E-state index contributed by atoms with van der Waals surface area (Å²) >= 11 is 0. The number of carbonyl (C=O) groups excluding carboxylic acids is 1. The maximum Gasteiger partial charge on any atom is 0.220 e. The summed E-state index contributed by atoms with van der Waals surface area (Å²) in [5, 5.41) is 4.14. The van der Waals surface area contributed by atoms with Gasteiger partial charge in [0.1, 0.15) is 5.82 Å². The number of fused-ring (bicyclic) bond motifs is 1. The minimum absolute atomic E-state index is 0.0441. The molecule has 2 heterocycles. The average molecular weight is 470 g/mol. The average Bonchev–Trinajstić information content (AvgIpc) is 3.52. The molecule has 0 aliphatic carbocycles. The summed E-state index contributed by atoms with van der Waals surface area (Å²) in [4.78, 5) is 15.4. The molecule has 1 aromatic heterocycles. The van der Waals surface area contributed by atoms with Gasteiger partial charge in [0.05, 0.1) is 0 Å². The first-order valence-corrected chi connectivity index (χ1v) is 12.5. The number of halogens is 1. The van der Waals surface area contributed by atoms with Crippen molar-refractivity contribution in [1.29, 1.82) is 0 Å². The SMILES string of the molecule is O=C(CC(c1ccccc1F)c1cn(Cc2ccccc2)c2ccccc12)NCCN1CCCC1. The molecule has 1 unspecified atom stereocenters. The smallest absolute Gasteiger partial charge is 0.220 e. The van der Waals surface area contributed by atoms with Gasteiger partial charge in [-0.05, 0) is 54.8 Å². The van der Waals surface area contributed by atoms with Gasteiger partial charge in [-0.2, -0.15) is 0 Å². The number of amides is 1. The van der Waals surface area contributed by atoms with Gasteiger partial charge in [0.15, 0.2) is 0 Å². The fourth-order valence-electron chi connectivity index (χ4n) is 5.23. The molecule has 0 bridgehead atoms. The highest BCUT2D eigenvalue weighted by Crippen LogP contribution is 2.36. The van der Waals surface area contributed by atoms with E-state index in [9.17, 15) is 4.79 Å². The highest BCUT2D eigenvalue weighted by atomic mass is 19.1. The lowest BCUT2D eigenvalue weighted by Crippen LogP contribution is -2.34. The molecule has 4 nitrogen and oxygen atoms in total. The van der Waals surface area contributed by atoms with Gasteiger partial charge in [0.2, 0.25) is 5.91 Å². The topological polar surface area (TPSA) is 37.3 Å². The van der Waals surface area contributed by atoms with Gasteiger partial charge in [0, 0.05) is 49.1 Å². The molecule has 0 radical (unpaired) electrons. The monoisotopic (exact) mass is 469 g/mol. The predicted octanol–water partition coefficient (Wildman–Crippen LogP) is 5.56. The summed E-state index contributed by atoms with van der Waals surface area (Å²) in [6, 6.07) is 25.3. The first kappa shape index (κ1) is 23.3. The van der Waals surface area contributed by atoms with Crippen molar-refractivity contribution in [2.24, 2.45) is 0 Å². The molecule has 0 saturated carbocycles. The molecule has 4 aromatic rings. The van der Waals surface area contributed by atoms with Gasteiger partial charge in [-0.1, -0.05) is 66.7 Å². The third-order valence-electron chi connectivity index (χ3n) is 7.01. The first-order chi connectivity index (χ1) is 17.2. The van der Waals surface area contributed by atoms with Crippen molar-refractivity contribution in [2.75, 3.05) is 26.2 Å². The number of nitrogens with one attached hydrogen (secondary N) is 1. The third-order valence-corrected chi connectivity index (χ3v) is 7.01. The van der Waals surface area contributed by atoms with E-state index < -0.39 is 0 Å². The number of aromatic nitrogens is 1. The minimum atomic E-state index is -0.370. The maximum atomic E-state index is 15.0. The molecule has 1 aliphatic heterocycles. The van der Waals surface area contributed by atoms with Crippen LogP contribution in [0.2, 0.25) is 0 Å². The van der Waals surface area contributed by atoms with Crippen molar-refractivity contribution in [1.82, 2.24) is 14.8 Å². The summed E-state index contributed by atoms with van der Waals surface area (Å²) in [5.41, 5.74) is 3.82. The van der Waals surface area contributed by atoms with Crippen LogP contribution in [0.4, 0.5) is 4.39 Å². The number of nitrogens with zero attached hydrogens (tertiary/aromatic N) is 2. The van der Waals surface area contributed by atoms with Crippen LogP contribution in [0.5, 0.6) is 0 Å². The van der Waals surface area contributed by atoms with Gasteiger partial charge in [-0.25, -0.2) is 4.39 Å². The van der Waals surface area contributed by atoms with E-state index in [2.05, 4.69) is 45.2 Å². The van der Waals surface area contributed by atoms with E-state index in [4.69, 9.17) is 0 Å². The zero-order chi connectivity index (χ0) is 24.0. The number of carbonyl (C=O) groups is 1. The van der Waals surface area contributed by atoms with E-state index in [-0.39, 0.29) is 24.1 Å². The first-order valence-electron chi connectivity index (χ1n) is 12.5. The van der Waals surface area contributed by atoms with Gasteiger partial charge >= 0.3 is 0 Å². The molecule has 35 heavy (non-hydrogen) atoms. The molecule has 180 valence electrons. The van der Waals surface area contributed by atoms with Crippen molar-refractivity contribution in [2.45, 2.75) is 31.7 Å². The van der Waals surface area contributed by atoms with Crippen molar-refractivity contribution in [3.8, 4) is 0 Å². The fraction of sp³-hybridized carbons (Fsp3) is 0.300.